The molecule has 114 valence electrons. The number of nitrogens with zero attached hydrogens (tertiary/aromatic N) is 2. The summed E-state index contributed by atoms with van der Waals surface area (Å²) in [5.41, 5.74) is 6.04. The van der Waals surface area contributed by atoms with E-state index in [1.54, 1.807) is 0 Å². The van der Waals surface area contributed by atoms with Crippen molar-refractivity contribution in [3.63, 3.8) is 0 Å². The lowest BCUT2D eigenvalue weighted by Crippen LogP contribution is -2.32. The Balaban J connectivity index is 2.79. The molecule has 3 nitrogen and oxygen atoms in total. The fourth-order valence-corrected chi connectivity index (χ4v) is 2.13. The molecule has 0 aromatic heterocycles. The maximum Gasteiger partial charge on any atom is 0.194 e. The van der Waals surface area contributed by atoms with Crippen molar-refractivity contribution in [3.05, 3.63) is 35.1 Å². The molecule has 1 aromatic carbocycles. The van der Waals surface area contributed by atoms with Crippen LogP contribution in [0.5, 0.6) is 0 Å². The first kappa shape index (κ1) is 16.9. The summed E-state index contributed by atoms with van der Waals surface area (Å²) in [6.07, 6.45) is 0.909. The summed E-state index contributed by atoms with van der Waals surface area (Å²) in [4.78, 5) is 3.98. The van der Waals surface area contributed by atoms with Gasteiger partial charge in [0, 0.05) is 12.6 Å². The van der Waals surface area contributed by atoms with Crippen LogP contribution >= 0.6 is 0 Å². The number of nitrogens with two attached hydrogens (primary N) is 1. The maximum absolute atomic E-state index is 13.3. The predicted octanol–water partition coefficient (Wildman–Crippen LogP) is 1.99. The van der Waals surface area contributed by atoms with Crippen LogP contribution in [0.4, 0.5) is 13.2 Å². The van der Waals surface area contributed by atoms with E-state index in [-0.39, 0.29) is 12.6 Å². The summed E-state index contributed by atoms with van der Waals surface area (Å²) in [5.74, 6) is -3.81. The van der Waals surface area contributed by atoms with Crippen molar-refractivity contribution in [1.82, 2.24) is 9.80 Å². The van der Waals surface area contributed by atoms with Gasteiger partial charge in [-0.3, -0.25) is 4.90 Å². The van der Waals surface area contributed by atoms with Gasteiger partial charge in [0.2, 0.25) is 0 Å². The topological polar surface area (TPSA) is 32.5 Å². The van der Waals surface area contributed by atoms with Crippen LogP contribution in [-0.2, 0) is 0 Å². The third kappa shape index (κ3) is 4.47. The summed E-state index contributed by atoms with van der Waals surface area (Å²) < 4.78 is 39.5. The molecule has 0 spiro atoms. The molecule has 1 aromatic rings. The Morgan fingerprint density at radius 3 is 2.05 bits per heavy atom. The molecule has 1 atom stereocenters. The molecule has 20 heavy (non-hydrogen) atoms. The molecule has 0 fully saturated rings. The first-order chi connectivity index (χ1) is 9.36. The zero-order chi connectivity index (χ0) is 15.3. The van der Waals surface area contributed by atoms with Gasteiger partial charge in [-0.2, -0.15) is 0 Å². The summed E-state index contributed by atoms with van der Waals surface area (Å²) in [6, 6.07) is 1.69. The van der Waals surface area contributed by atoms with Crippen molar-refractivity contribution < 1.29 is 13.2 Å². The molecule has 0 bridgehead atoms. The minimum atomic E-state index is -1.44. The average Bonchev–Trinajstić information content (AvgIpc) is 2.36. The van der Waals surface area contributed by atoms with Crippen molar-refractivity contribution in [1.29, 1.82) is 0 Å². The normalized spacial score (nSPS) is 13.2. The van der Waals surface area contributed by atoms with E-state index in [2.05, 4.69) is 4.90 Å². The Hall–Kier alpha value is -1.11. The van der Waals surface area contributed by atoms with Crippen LogP contribution in [-0.4, -0.2) is 50.6 Å². The summed E-state index contributed by atoms with van der Waals surface area (Å²) in [5, 5.41) is 0. The van der Waals surface area contributed by atoms with Crippen molar-refractivity contribution in [2.24, 2.45) is 5.73 Å². The highest BCUT2D eigenvalue weighted by Gasteiger charge is 2.19. The molecule has 0 saturated carbocycles. The number of likely N-dealkylation sites (N-methyl/N-ethyl adjacent to an activating group) is 1. The zero-order valence-electron chi connectivity index (χ0n) is 12.2. The van der Waals surface area contributed by atoms with Crippen LogP contribution in [0.3, 0.4) is 0 Å². The Labute approximate surface area is 118 Å². The Bertz CT molecular complexity index is 415. The Morgan fingerprint density at radius 2 is 1.60 bits per heavy atom. The minimum Gasteiger partial charge on any atom is -0.329 e. The van der Waals surface area contributed by atoms with Crippen LogP contribution in [0.2, 0.25) is 0 Å². The third-order valence-corrected chi connectivity index (χ3v) is 3.26. The van der Waals surface area contributed by atoms with Crippen LogP contribution in [0.1, 0.15) is 18.0 Å². The van der Waals surface area contributed by atoms with Crippen molar-refractivity contribution >= 4 is 0 Å². The molecule has 2 N–H and O–H groups in total. The molecule has 1 unspecified atom stereocenters. The van der Waals surface area contributed by atoms with E-state index in [0.717, 1.165) is 31.6 Å². The van der Waals surface area contributed by atoms with E-state index in [1.165, 1.54) is 0 Å². The van der Waals surface area contributed by atoms with Gasteiger partial charge in [0.15, 0.2) is 17.5 Å². The smallest absolute Gasteiger partial charge is 0.194 e. The van der Waals surface area contributed by atoms with E-state index in [1.807, 2.05) is 26.0 Å². The number of halogens is 3. The second-order valence-corrected chi connectivity index (χ2v) is 5.19. The fourth-order valence-electron chi connectivity index (χ4n) is 2.13. The molecule has 1 rings (SSSR count). The maximum atomic E-state index is 13.3. The highest BCUT2D eigenvalue weighted by Crippen LogP contribution is 2.22. The lowest BCUT2D eigenvalue weighted by Gasteiger charge is -2.28. The molecule has 0 heterocycles. The quantitative estimate of drug-likeness (QED) is 0.779. The number of benzene rings is 1. The molecular formula is C14H22F3N3. The highest BCUT2D eigenvalue weighted by atomic mass is 19.2. The first-order valence-corrected chi connectivity index (χ1v) is 6.56. The fraction of sp³-hybridized carbons (Fsp3) is 0.571. The van der Waals surface area contributed by atoms with Gasteiger partial charge in [-0.05, 0) is 58.3 Å². The van der Waals surface area contributed by atoms with Crippen molar-refractivity contribution in [3.8, 4) is 0 Å². The standard InChI is InChI=1S/C14H22F3N3/c1-19(2)5-4-6-20(3)13(9-18)10-7-11(15)14(17)12(16)8-10/h7-8,13H,4-6,9,18H2,1-3H3. The monoisotopic (exact) mass is 289 g/mol. The Kier molecular flexibility index (Phi) is 6.45. The predicted molar refractivity (Wildman–Crippen MR) is 73.9 cm³/mol. The van der Waals surface area contributed by atoms with Crippen LogP contribution in [0, 0.1) is 17.5 Å². The number of rotatable bonds is 7. The molecular weight excluding hydrogens is 267 g/mol. The summed E-state index contributed by atoms with van der Waals surface area (Å²) in [7, 11) is 5.79. The molecule has 0 radical (unpaired) electrons. The minimum absolute atomic E-state index is 0.211. The van der Waals surface area contributed by atoms with Gasteiger partial charge in [0.1, 0.15) is 0 Å². The zero-order valence-corrected chi connectivity index (χ0v) is 12.2. The van der Waals surface area contributed by atoms with Gasteiger partial charge in [0.25, 0.3) is 0 Å². The molecule has 0 aliphatic carbocycles. The van der Waals surface area contributed by atoms with Crippen LogP contribution < -0.4 is 5.73 Å². The first-order valence-electron chi connectivity index (χ1n) is 6.56. The van der Waals surface area contributed by atoms with E-state index in [4.69, 9.17) is 5.73 Å². The largest absolute Gasteiger partial charge is 0.329 e. The van der Waals surface area contributed by atoms with Crippen molar-refractivity contribution in [2.75, 3.05) is 40.8 Å². The average molecular weight is 289 g/mol. The van der Waals surface area contributed by atoms with E-state index < -0.39 is 17.5 Å². The SMILES string of the molecule is CN(C)CCCN(C)C(CN)c1cc(F)c(F)c(F)c1. The molecule has 0 amide bonds. The van der Waals surface area contributed by atoms with E-state index in [9.17, 15) is 13.2 Å². The summed E-state index contributed by atoms with van der Waals surface area (Å²) in [6.45, 7) is 1.86. The van der Waals surface area contributed by atoms with Crippen LogP contribution in [0.25, 0.3) is 0 Å². The lowest BCUT2D eigenvalue weighted by atomic mass is 10.0. The van der Waals surface area contributed by atoms with Gasteiger partial charge < -0.3 is 10.6 Å². The second-order valence-electron chi connectivity index (χ2n) is 5.19. The van der Waals surface area contributed by atoms with Gasteiger partial charge in [-0.15, -0.1) is 0 Å². The Morgan fingerprint density at radius 1 is 1.05 bits per heavy atom. The molecule has 6 heteroatoms. The third-order valence-electron chi connectivity index (χ3n) is 3.26. The lowest BCUT2D eigenvalue weighted by molar-refractivity contribution is 0.234. The number of hydrogen-bond acceptors (Lipinski definition) is 3. The van der Waals surface area contributed by atoms with Crippen molar-refractivity contribution in [2.45, 2.75) is 12.5 Å². The van der Waals surface area contributed by atoms with Gasteiger partial charge in [0.05, 0.1) is 0 Å². The van der Waals surface area contributed by atoms with E-state index in [0.29, 0.717) is 5.56 Å². The molecule has 0 aliphatic heterocycles. The highest BCUT2D eigenvalue weighted by molar-refractivity contribution is 5.23. The molecule has 0 aliphatic rings. The van der Waals surface area contributed by atoms with Gasteiger partial charge >= 0.3 is 0 Å². The molecule has 0 saturated heterocycles. The van der Waals surface area contributed by atoms with Crippen LogP contribution in [0.15, 0.2) is 12.1 Å². The van der Waals surface area contributed by atoms with E-state index >= 15 is 0 Å². The van der Waals surface area contributed by atoms with Gasteiger partial charge in [-0.25, -0.2) is 13.2 Å². The summed E-state index contributed by atoms with van der Waals surface area (Å²) >= 11 is 0. The van der Waals surface area contributed by atoms with Gasteiger partial charge in [-0.1, -0.05) is 0 Å². The second kappa shape index (κ2) is 7.61. The number of hydrogen-bond donors (Lipinski definition) is 1.